The van der Waals surface area contributed by atoms with E-state index in [1.807, 2.05) is 0 Å². The second-order valence-electron chi connectivity index (χ2n) is 6.09. The SMILES string of the molecule is O=C(NC1CCCCCC1CO)c1nc2ccccc2c(=O)[nH]1. The van der Waals surface area contributed by atoms with Crippen LogP contribution in [0.15, 0.2) is 29.1 Å². The molecule has 1 aliphatic rings. The van der Waals surface area contributed by atoms with E-state index in [9.17, 15) is 14.7 Å². The Labute approximate surface area is 133 Å². The number of nitrogens with one attached hydrogen (secondary N) is 2. The van der Waals surface area contributed by atoms with Crippen LogP contribution < -0.4 is 10.9 Å². The number of nitrogens with zero attached hydrogens (tertiary/aromatic N) is 1. The van der Waals surface area contributed by atoms with Crippen LogP contribution in [-0.2, 0) is 0 Å². The van der Waals surface area contributed by atoms with E-state index < -0.39 is 5.91 Å². The van der Waals surface area contributed by atoms with Crippen molar-refractivity contribution < 1.29 is 9.90 Å². The quantitative estimate of drug-likeness (QED) is 0.750. The number of aromatic nitrogens is 2. The summed E-state index contributed by atoms with van der Waals surface area (Å²) in [6, 6.07) is 6.85. The lowest BCUT2D eigenvalue weighted by Gasteiger charge is -2.24. The first-order valence-electron chi connectivity index (χ1n) is 8.10. The van der Waals surface area contributed by atoms with E-state index in [0.29, 0.717) is 10.9 Å². The maximum absolute atomic E-state index is 12.5. The summed E-state index contributed by atoms with van der Waals surface area (Å²) in [5.41, 5.74) is 0.182. The molecule has 1 saturated carbocycles. The minimum Gasteiger partial charge on any atom is -0.396 e. The van der Waals surface area contributed by atoms with Gasteiger partial charge in [0, 0.05) is 18.6 Å². The Morgan fingerprint density at radius 3 is 2.87 bits per heavy atom. The predicted octanol–water partition coefficient (Wildman–Crippen LogP) is 1.59. The molecule has 122 valence electrons. The summed E-state index contributed by atoms with van der Waals surface area (Å²) in [6.07, 6.45) is 4.97. The molecule has 6 nitrogen and oxygen atoms in total. The molecule has 23 heavy (non-hydrogen) atoms. The Morgan fingerprint density at radius 1 is 1.26 bits per heavy atom. The molecule has 1 aromatic heterocycles. The fourth-order valence-electron chi connectivity index (χ4n) is 3.22. The fourth-order valence-corrected chi connectivity index (χ4v) is 3.22. The van der Waals surface area contributed by atoms with Crippen LogP contribution in [0.1, 0.15) is 42.7 Å². The number of carbonyl (C=O) groups is 1. The van der Waals surface area contributed by atoms with Crippen molar-refractivity contribution in [2.24, 2.45) is 5.92 Å². The van der Waals surface area contributed by atoms with Crippen LogP contribution in [0.5, 0.6) is 0 Å². The summed E-state index contributed by atoms with van der Waals surface area (Å²) in [6.45, 7) is 0.0621. The lowest BCUT2D eigenvalue weighted by Crippen LogP contribution is -2.42. The summed E-state index contributed by atoms with van der Waals surface area (Å²) in [5, 5.41) is 12.9. The van der Waals surface area contributed by atoms with Gasteiger partial charge in [0.15, 0.2) is 5.82 Å². The van der Waals surface area contributed by atoms with Gasteiger partial charge >= 0.3 is 0 Å². The summed E-state index contributed by atoms with van der Waals surface area (Å²) >= 11 is 0. The van der Waals surface area contributed by atoms with Crippen molar-refractivity contribution in [3.05, 3.63) is 40.4 Å². The first-order valence-corrected chi connectivity index (χ1v) is 8.10. The minimum absolute atomic E-state index is 0.0228. The molecule has 1 fully saturated rings. The molecule has 0 radical (unpaired) electrons. The number of benzene rings is 1. The maximum Gasteiger partial charge on any atom is 0.287 e. The molecular weight excluding hydrogens is 294 g/mol. The van der Waals surface area contributed by atoms with Gasteiger partial charge in [0.05, 0.1) is 10.9 Å². The van der Waals surface area contributed by atoms with Crippen molar-refractivity contribution in [3.8, 4) is 0 Å². The Bertz CT molecular complexity index is 756. The summed E-state index contributed by atoms with van der Waals surface area (Å²) in [5.74, 6) is -0.304. The standard InChI is InChI=1S/C17H21N3O3/c21-10-11-6-2-1-3-8-13(11)19-17(23)15-18-14-9-5-4-7-12(14)16(22)20-15/h4-5,7,9,11,13,21H,1-3,6,8,10H2,(H,19,23)(H,18,20,22). The number of aromatic amines is 1. The van der Waals surface area contributed by atoms with Crippen molar-refractivity contribution in [1.82, 2.24) is 15.3 Å². The van der Waals surface area contributed by atoms with Crippen molar-refractivity contribution >= 4 is 16.8 Å². The van der Waals surface area contributed by atoms with Gasteiger partial charge in [-0.2, -0.15) is 0 Å². The molecule has 0 spiro atoms. The molecule has 1 heterocycles. The van der Waals surface area contributed by atoms with Gasteiger partial charge in [-0.15, -0.1) is 0 Å². The van der Waals surface area contributed by atoms with E-state index in [1.165, 1.54) is 0 Å². The van der Waals surface area contributed by atoms with E-state index in [4.69, 9.17) is 0 Å². The third kappa shape index (κ3) is 3.42. The molecule has 2 aromatic rings. The Balaban J connectivity index is 1.83. The van der Waals surface area contributed by atoms with Gasteiger partial charge in [0.2, 0.25) is 0 Å². The smallest absolute Gasteiger partial charge is 0.287 e. The van der Waals surface area contributed by atoms with Crippen molar-refractivity contribution in [2.75, 3.05) is 6.61 Å². The number of amides is 1. The molecule has 3 rings (SSSR count). The molecule has 1 amide bonds. The number of hydrogen-bond donors (Lipinski definition) is 3. The van der Waals surface area contributed by atoms with Gasteiger partial charge in [-0.1, -0.05) is 31.4 Å². The van der Waals surface area contributed by atoms with Crippen LogP contribution in [0.2, 0.25) is 0 Å². The average Bonchev–Trinajstić information content (AvgIpc) is 2.79. The first-order chi connectivity index (χ1) is 11.2. The zero-order chi connectivity index (χ0) is 16.2. The molecule has 0 aliphatic heterocycles. The van der Waals surface area contributed by atoms with E-state index in [0.717, 1.165) is 32.1 Å². The Morgan fingerprint density at radius 2 is 2.04 bits per heavy atom. The first kappa shape index (κ1) is 15.7. The topological polar surface area (TPSA) is 95.1 Å². The normalized spacial score (nSPS) is 21.8. The molecule has 0 bridgehead atoms. The number of aliphatic hydroxyl groups excluding tert-OH is 1. The summed E-state index contributed by atoms with van der Waals surface area (Å²) in [4.78, 5) is 31.3. The second kappa shape index (κ2) is 6.91. The van der Waals surface area contributed by atoms with E-state index >= 15 is 0 Å². The van der Waals surface area contributed by atoms with Crippen LogP contribution in [0.25, 0.3) is 10.9 Å². The number of rotatable bonds is 3. The van der Waals surface area contributed by atoms with Crippen LogP contribution >= 0.6 is 0 Å². The van der Waals surface area contributed by atoms with E-state index in [2.05, 4.69) is 15.3 Å². The van der Waals surface area contributed by atoms with Crippen molar-refractivity contribution in [1.29, 1.82) is 0 Å². The largest absolute Gasteiger partial charge is 0.396 e. The maximum atomic E-state index is 12.5. The number of carbonyl (C=O) groups excluding carboxylic acids is 1. The number of fused-ring (bicyclic) bond motifs is 1. The number of hydrogen-bond acceptors (Lipinski definition) is 4. The van der Waals surface area contributed by atoms with Crippen LogP contribution in [0.4, 0.5) is 0 Å². The van der Waals surface area contributed by atoms with Gasteiger partial charge in [-0.05, 0) is 25.0 Å². The van der Waals surface area contributed by atoms with Gasteiger partial charge in [0.1, 0.15) is 0 Å². The van der Waals surface area contributed by atoms with Crippen LogP contribution in [-0.4, -0.2) is 33.6 Å². The highest BCUT2D eigenvalue weighted by Gasteiger charge is 2.25. The van der Waals surface area contributed by atoms with Crippen molar-refractivity contribution in [3.63, 3.8) is 0 Å². The zero-order valence-electron chi connectivity index (χ0n) is 12.9. The molecule has 1 aromatic carbocycles. The van der Waals surface area contributed by atoms with Crippen LogP contribution in [0.3, 0.4) is 0 Å². The second-order valence-corrected chi connectivity index (χ2v) is 6.09. The third-order valence-electron chi connectivity index (χ3n) is 4.54. The van der Waals surface area contributed by atoms with Gasteiger partial charge in [0.25, 0.3) is 11.5 Å². The highest BCUT2D eigenvalue weighted by Crippen LogP contribution is 2.23. The minimum atomic E-state index is -0.391. The molecule has 3 N–H and O–H groups in total. The average molecular weight is 315 g/mol. The number of aliphatic hydroxyl groups is 1. The van der Waals surface area contributed by atoms with Gasteiger partial charge in [-0.3, -0.25) is 9.59 Å². The van der Waals surface area contributed by atoms with Gasteiger partial charge in [-0.25, -0.2) is 4.98 Å². The Kier molecular flexibility index (Phi) is 4.71. The highest BCUT2D eigenvalue weighted by molar-refractivity contribution is 5.92. The van der Waals surface area contributed by atoms with E-state index in [-0.39, 0.29) is 30.0 Å². The third-order valence-corrected chi connectivity index (χ3v) is 4.54. The predicted molar refractivity (Wildman–Crippen MR) is 87.3 cm³/mol. The monoisotopic (exact) mass is 315 g/mol. The molecule has 6 heteroatoms. The lowest BCUT2D eigenvalue weighted by molar-refractivity contribution is 0.0889. The molecule has 2 atom stereocenters. The molecule has 0 saturated heterocycles. The highest BCUT2D eigenvalue weighted by atomic mass is 16.3. The molecule has 1 aliphatic carbocycles. The summed E-state index contributed by atoms with van der Waals surface area (Å²) in [7, 11) is 0. The summed E-state index contributed by atoms with van der Waals surface area (Å²) < 4.78 is 0. The number of para-hydroxylation sites is 1. The molecular formula is C17H21N3O3. The van der Waals surface area contributed by atoms with Crippen molar-refractivity contribution in [2.45, 2.75) is 38.1 Å². The van der Waals surface area contributed by atoms with E-state index in [1.54, 1.807) is 24.3 Å². The molecule has 2 unspecified atom stereocenters. The lowest BCUT2D eigenvalue weighted by atomic mass is 9.95. The van der Waals surface area contributed by atoms with Gasteiger partial charge < -0.3 is 15.4 Å². The zero-order valence-corrected chi connectivity index (χ0v) is 12.9. The number of H-pyrrole nitrogens is 1. The fraction of sp³-hybridized carbons (Fsp3) is 0.471. The van der Waals surface area contributed by atoms with Crippen LogP contribution in [0, 0.1) is 5.92 Å². The Hall–Kier alpha value is -2.21.